The van der Waals surface area contributed by atoms with Crippen molar-refractivity contribution < 1.29 is 24.2 Å². The molecule has 21 heavy (non-hydrogen) atoms. The molecule has 120 valence electrons. The third kappa shape index (κ3) is 6.12. The van der Waals surface area contributed by atoms with Gasteiger partial charge in [0.05, 0.1) is 0 Å². The number of urea groups is 1. The second-order valence-electron chi connectivity index (χ2n) is 6.25. The lowest BCUT2D eigenvalue weighted by Crippen LogP contribution is -2.48. The zero-order valence-electron chi connectivity index (χ0n) is 12.8. The normalized spacial score (nSPS) is 18.0. The van der Waals surface area contributed by atoms with E-state index >= 15 is 0 Å². The van der Waals surface area contributed by atoms with Crippen LogP contribution in [0.4, 0.5) is 4.79 Å². The largest absolute Gasteiger partial charge is 0.480 e. The molecule has 1 fully saturated rings. The number of carbonyl (C=O) groups is 3. The molecular formula is C14H24N2O5. The molecule has 0 spiro atoms. The zero-order chi connectivity index (χ0) is 16.0. The summed E-state index contributed by atoms with van der Waals surface area (Å²) in [5.41, 5.74) is 0.314. The van der Waals surface area contributed by atoms with Crippen molar-refractivity contribution in [3.63, 3.8) is 0 Å². The summed E-state index contributed by atoms with van der Waals surface area (Å²) >= 11 is 0. The molecule has 0 aromatic rings. The first-order chi connectivity index (χ1) is 9.71. The number of carboxylic acid groups (broad SMARTS) is 1. The lowest BCUT2D eigenvalue weighted by molar-refractivity contribution is -0.143. The summed E-state index contributed by atoms with van der Waals surface area (Å²) in [5.74, 6) is -1.79. The maximum atomic E-state index is 11.9. The van der Waals surface area contributed by atoms with Crippen LogP contribution in [0.3, 0.4) is 0 Å². The highest BCUT2D eigenvalue weighted by molar-refractivity contribution is 5.95. The first-order valence-electron chi connectivity index (χ1n) is 7.07. The Morgan fingerprint density at radius 1 is 1.24 bits per heavy atom. The van der Waals surface area contributed by atoms with E-state index in [1.54, 1.807) is 11.9 Å². The average molecular weight is 300 g/mol. The van der Waals surface area contributed by atoms with Gasteiger partial charge < -0.3 is 14.7 Å². The summed E-state index contributed by atoms with van der Waals surface area (Å²) in [7, 11) is 1.67. The molecule has 3 amide bonds. The molecule has 7 nitrogen and oxygen atoms in total. The highest BCUT2D eigenvalue weighted by Gasteiger charge is 2.30. The maximum absolute atomic E-state index is 11.9. The highest BCUT2D eigenvalue weighted by Crippen LogP contribution is 2.36. The number of amides is 3. The molecule has 0 atom stereocenters. The van der Waals surface area contributed by atoms with Gasteiger partial charge in [0.1, 0.15) is 13.2 Å². The van der Waals surface area contributed by atoms with Gasteiger partial charge in [0.15, 0.2) is 0 Å². The standard InChI is InChI=1S/C14H24N2O5/c1-14(2)6-4-10(5-7-14)16(3)13(20)15-11(17)8-21-9-12(18)19/h10H,4-9H2,1-3H3,(H,18,19)(H,15,17,20). The van der Waals surface area contributed by atoms with E-state index < -0.39 is 31.1 Å². The molecule has 0 bridgehead atoms. The minimum absolute atomic E-state index is 0.130. The van der Waals surface area contributed by atoms with E-state index in [9.17, 15) is 14.4 Å². The van der Waals surface area contributed by atoms with E-state index in [4.69, 9.17) is 5.11 Å². The lowest BCUT2D eigenvalue weighted by Gasteiger charge is -2.38. The number of hydrogen-bond donors (Lipinski definition) is 2. The van der Waals surface area contributed by atoms with Crippen LogP contribution in [0.2, 0.25) is 0 Å². The Kier molecular flexibility index (Phi) is 6.14. The van der Waals surface area contributed by atoms with Crippen molar-refractivity contribution in [3.05, 3.63) is 0 Å². The van der Waals surface area contributed by atoms with Crippen LogP contribution in [0.5, 0.6) is 0 Å². The van der Waals surface area contributed by atoms with E-state index in [0.717, 1.165) is 25.7 Å². The van der Waals surface area contributed by atoms with Crippen molar-refractivity contribution in [2.24, 2.45) is 5.41 Å². The summed E-state index contributed by atoms with van der Waals surface area (Å²) in [6.45, 7) is 3.43. The van der Waals surface area contributed by atoms with Crippen LogP contribution in [0.25, 0.3) is 0 Å². The van der Waals surface area contributed by atoms with Crippen LogP contribution in [-0.2, 0) is 14.3 Å². The SMILES string of the molecule is CN(C(=O)NC(=O)COCC(=O)O)C1CCC(C)(C)CC1. The first kappa shape index (κ1) is 17.4. The van der Waals surface area contributed by atoms with Gasteiger partial charge in [-0.1, -0.05) is 13.8 Å². The van der Waals surface area contributed by atoms with Crippen LogP contribution in [0.15, 0.2) is 0 Å². The molecule has 0 aromatic carbocycles. The molecular weight excluding hydrogens is 276 g/mol. The van der Waals surface area contributed by atoms with Crippen molar-refractivity contribution in [1.82, 2.24) is 10.2 Å². The van der Waals surface area contributed by atoms with Crippen LogP contribution >= 0.6 is 0 Å². The Balaban J connectivity index is 2.34. The molecule has 0 radical (unpaired) electrons. The third-order valence-corrected chi connectivity index (χ3v) is 3.88. The number of ether oxygens (including phenoxy) is 1. The van der Waals surface area contributed by atoms with Gasteiger partial charge in [-0.05, 0) is 31.1 Å². The van der Waals surface area contributed by atoms with Crippen molar-refractivity contribution in [3.8, 4) is 0 Å². The van der Waals surface area contributed by atoms with Gasteiger partial charge in [-0.2, -0.15) is 0 Å². The molecule has 7 heteroatoms. The fourth-order valence-electron chi connectivity index (χ4n) is 2.41. The lowest BCUT2D eigenvalue weighted by atomic mass is 9.75. The quantitative estimate of drug-likeness (QED) is 0.796. The van der Waals surface area contributed by atoms with Gasteiger partial charge >= 0.3 is 12.0 Å². The number of nitrogens with zero attached hydrogens (tertiary/aromatic N) is 1. The van der Waals surface area contributed by atoms with E-state index in [2.05, 4.69) is 23.9 Å². The number of nitrogens with one attached hydrogen (secondary N) is 1. The molecule has 0 heterocycles. The molecule has 0 unspecified atom stereocenters. The summed E-state index contributed by atoms with van der Waals surface area (Å²) in [5, 5.41) is 10.6. The second-order valence-corrected chi connectivity index (χ2v) is 6.25. The van der Waals surface area contributed by atoms with Crippen molar-refractivity contribution in [2.45, 2.75) is 45.6 Å². The van der Waals surface area contributed by atoms with E-state index in [-0.39, 0.29) is 6.04 Å². The maximum Gasteiger partial charge on any atom is 0.329 e. The van der Waals surface area contributed by atoms with Crippen LogP contribution in [0, 0.1) is 5.41 Å². The Morgan fingerprint density at radius 2 is 1.81 bits per heavy atom. The van der Waals surface area contributed by atoms with E-state index in [1.165, 1.54) is 0 Å². The van der Waals surface area contributed by atoms with Gasteiger partial charge in [0.2, 0.25) is 0 Å². The number of rotatable bonds is 5. The van der Waals surface area contributed by atoms with Crippen molar-refractivity contribution in [1.29, 1.82) is 0 Å². The van der Waals surface area contributed by atoms with Gasteiger partial charge in [-0.15, -0.1) is 0 Å². The number of aliphatic carboxylic acids is 1. The van der Waals surface area contributed by atoms with Crippen LogP contribution < -0.4 is 5.32 Å². The van der Waals surface area contributed by atoms with Crippen molar-refractivity contribution >= 4 is 17.9 Å². The minimum Gasteiger partial charge on any atom is -0.480 e. The molecule has 1 rings (SSSR count). The van der Waals surface area contributed by atoms with E-state index in [0.29, 0.717) is 5.41 Å². The second kappa shape index (κ2) is 7.40. The number of carboxylic acids is 1. The minimum atomic E-state index is -1.16. The van der Waals surface area contributed by atoms with Gasteiger partial charge in [-0.25, -0.2) is 9.59 Å². The van der Waals surface area contributed by atoms with Gasteiger partial charge in [0.25, 0.3) is 5.91 Å². The molecule has 0 saturated heterocycles. The fourth-order valence-corrected chi connectivity index (χ4v) is 2.41. The topological polar surface area (TPSA) is 95.9 Å². The molecule has 1 aliphatic carbocycles. The first-order valence-corrected chi connectivity index (χ1v) is 7.07. The fraction of sp³-hybridized carbons (Fsp3) is 0.786. The molecule has 0 aliphatic heterocycles. The number of hydrogen-bond acceptors (Lipinski definition) is 4. The Labute approximate surface area is 124 Å². The van der Waals surface area contributed by atoms with Gasteiger partial charge in [0, 0.05) is 13.1 Å². The Hall–Kier alpha value is -1.63. The smallest absolute Gasteiger partial charge is 0.329 e. The number of imide groups is 1. The summed E-state index contributed by atoms with van der Waals surface area (Å²) in [6.07, 6.45) is 3.93. The Bertz CT molecular complexity index is 398. The van der Waals surface area contributed by atoms with Crippen LogP contribution in [-0.4, -0.2) is 54.2 Å². The highest BCUT2D eigenvalue weighted by atomic mass is 16.5. The summed E-state index contributed by atoms with van der Waals surface area (Å²) < 4.78 is 4.63. The number of carbonyl (C=O) groups excluding carboxylic acids is 2. The third-order valence-electron chi connectivity index (χ3n) is 3.88. The predicted octanol–water partition coefficient (Wildman–Crippen LogP) is 1.22. The average Bonchev–Trinajstić information content (AvgIpc) is 2.37. The van der Waals surface area contributed by atoms with Crippen molar-refractivity contribution in [2.75, 3.05) is 20.3 Å². The molecule has 1 saturated carbocycles. The molecule has 1 aliphatic rings. The molecule has 2 N–H and O–H groups in total. The monoisotopic (exact) mass is 300 g/mol. The Morgan fingerprint density at radius 3 is 2.33 bits per heavy atom. The zero-order valence-corrected chi connectivity index (χ0v) is 12.8. The van der Waals surface area contributed by atoms with E-state index in [1.807, 2.05) is 0 Å². The molecule has 0 aromatic heterocycles. The van der Waals surface area contributed by atoms with Crippen LogP contribution in [0.1, 0.15) is 39.5 Å². The summed E-state index contributed by atoms with van der Waals surface area (Å²) in [4.78, 5) is 35.2. The summed E-state index contributed by atoms with van der Waals surface area (Å²) in [6, 6.07) is -0.339. The predicted molar refractivity (Wildman–Crippen MR) is 75.8 cm³/mol. The van der Waals surface area contributed by atoms with Gasteiger partial charge in [-0.3, -0.25) is 10.1 Å².